The summed E-state index contributed by atoms with van der Waals surface area (Å²) in [5, 5.41) is 12.4. The lowest BCUT2D eigenvalue weighted by molar-refractivity contribution is 0.164. The highest BCUT2D eigenvalue weighted by atomic mass is 32.2. The molecule has 0 aromatic carbocycles. The van der Waals surface area contributed by atoms with Crippen molar-refractivity contribution in [1.82, 2.24) is 5.32 Å². The lowest BCUT2D eigenvalue weighted by Crippen LogP contribution is -2.56. The fourth-order valence-electron chi connectivity index (χ4n) is 1.91. The minimum Gasteiger partial charge on any atom is -0.394 e. The molecule has 1 unspecified atom stereocenters. The normalized spacial score (nSPS) is 31.6. The van der Waals surface area contributed by atoms with Crippen LogP contribution in [-0.2, 0) is 9.84 Å². The Kier molecular flexibility index (Phi) is 3.92. The second-order valence-corrected chi connectivity index (χ2v) is 6.24. The molecule has 0 aromatic rings. The summed E-state index contributed by atoms with van der Waals surface area (Å²) in [4.78, 5) is 0. The van der Waals surface area contributed by atoms with Crippen molar-refractivity contribution >= 4 is 9.84 Å². The molecule has 84 valence electrons. The summed E-state index contributed by atoms with van der Waals surface area (Å²) in [7, 11) is -2.96. The maximum absolute atomic E-state index is 11.4. The molecule has 1 aliphatic heterocycles. The molecule has 1 fully saturated rings. The van der Waals surface area contributed by atoms with Crippen LogP contribution < -0.4 is 5.32 Å². The molecule has 0 radical (unpaired) electrons. The summed E-state index contributed by atoms with van der Waals surface area (Å²) in [6, 6.07) is 0. The molecule has 0 bridgehead atoms. The van der Waals surface area contributed by atoms with Gasteiger partial charge in [0.05, 0.1) is 23.7 Å². The summed E-state index contributed by atoms with van der Waals surface area (Å²) in [5.74, 6) is 0.346. The standard InChI is InChI=1S/C9H19NO3S/c1-2-5-10-9(7-11)4-3-6-14(12,13)8-9/h10-11H,2-8H2,1H3. The number of hydrogen-bond donors (Lipinski definition) is 2. The topological polar surface area (TPSA) is 66.4 Å². The Morgan fingerprint density at radius 3 is 2.71 bits per heavy atom. The number of sulfone groups is 1. The van der Waals surface area contributed by atoms with Crippen LogP contribution in [0.4, 0.5) is 0 Å². The fourth-order valence-corrected chi connectivity index (χ4v) is 3.81. The zero-order chi connectivity index (χ0) is 10.7. The molecule has 0 aliphatic carbocycles. The van der Waals surface area contributed by atoms with E-state index in [2.05, 4.69) is 5.32 Å². The van der Waals surface area contributed by atoms with Crippen molar-refractivity contribution in [2.75, 3.05) is 24.7 Å². The van der Waals surface area contributed by atoms with E-state index in [0.29, 0.717) is 6.42 Å². The van der Waals surface area contributed by atoms with E-state index < -0.39 is 15.4 Å². The van der Waals surface area contributed by atoms with Crippen LogP contribution in [0.1, 0.15) is 26.2 Å². The SMILES string of the molecule is CCCNC1(CO)CCCS(=O)(=O)C1. The summed E-state index contributed by atoms with van der Waals surface area (Å²) < 4.78 is 22.9. The molecule has 1 rings (SSSR count). The Bertz CT molecular complexity index is 276. The first kappa shape index (κ1) is 11.9. The Labute approximate surface area is 85.6 Å². The molecule has 0 amide bonds. The second-order valence-electron chi connectivity index (χ2n) is 4.06. The Hall–Kier alpha value is -0.130. The third kappa shape index (κ3) is 2.93. The second kappa shape index (κ2) is 4.59. The number of aliphatic hydroxyl groups excluding tert-OH is 1. The average Bonchev–Trinajstić information content (AvgIpc) is 2.13. The lowest BCUT2D eigenvalue weighted by Gasteiger charge is -2.36. The van der Waals surface area contributed by atoms with E-state index in [1.54, 1.807) is 0 Å². The number of aliphatic hydroxyl groups is 1. The van der Waals surface area contributed by atoms with Crippen molar-refractivity contribution in [2.24, 2.45) is 0 Å². The Balaban J connectivity index is 2.68. The van der Waals surface area contributed by atoms with E-state index in [1.807, 2.05) is 6.92 Å². The molecule has 0 aromatic heterocycles. The molecule has 14 heavy (non-hydrogen) atoms. The highest BCUT2D eigenvalue weighted by molar-refractivity contribution is 7.91. The Morgan fingerprint density at radius 1 is 1.50 bits per heavy atom. The first-order chi connectivity index (χ1) is 6.54. The fraction of sp³-hybridized carbons (Fsp3) is 1.00. The zero-order valence-electron chi connectivity index (χ0n) is 8.62. The van der Waals surface area contributed by atoms with Gasteiger partial charge in [0.1, 0.15) is 0 Å². The van der Waals surface area contributed by atoms with E-state index in [1.165, 1.54) is 0 Å². The number of hydrogen-bond acceptors (Lipinski definition) is 4. The maximum atomic E-state index is 11.4. The highest BCUT2D eigenvalue weighted by Crippen LogP contribution is 2.22. The largest absolute Gasteiger partial charge is 0.394 e. The number of nitrogens with one attached hydrogen (secondary N) is 1. The van der Waals surface area contributed by atoms with Crippen LogP contribution in [0.2, 0.25) is 0 Å². The summed E-state index contributed by atoms with van der Waals surface area (Å²) >= 11 is 0. The summed E-state index contributed by atoms with van der Waals surface area (Å²) in [5.41, 5.74) is -0.576. The lowest BCUT2D eigenvalue weighted by atomic mass is 9.96. The van der Waals surface area contributed by atoms with E-state index in [-0.39, 0.29) is 18.1 Å². The molecule has 1 heterocycles. The van der Waals surface area contributed by atoms with Gasteiger partial charge in [0.25, 0.3) is 0 Å². The molecule has 1 atom stereocenters. The van der Waals surface area contributed by atoms with E-state index in [9.17, 15) is 13.5 Å². The van der Waals surface area contributed by atoms with Gasteiger partial charge in [-0.15, -0.1) is 0 Å². The van der Waals surface area contributed by atoms with Crippen LogP contribution in [-0.4, -0.2) is 43.7 Å². The first-order valence-electron chi connectivity index (χ1n) is 5.10. The average molecular weight is 221 g/mol. The molecule has 5 heteroatoms. The van der Waals surface area contributed by atoms with Gasteiger partial charge in [-0.25, -0.2) is 8.42 Å². The monoisotopic (exact) mass is 221 g/mol. The van der Waals surface area contributed by atoms with E-state index in [0.717, 1.165) is 19.4 Å². The van der Waals surface area contributed by atoms with E-state index in [4.69, 9.17) is 0 Å². The van der Waals surface area contributed by atoms with Crippen molar-refractivity contribution < 1.29 is 13.5 Å². The minimum atomic E-state index is -2.96. The highest BCUT2D eigenvalue weighted by Gasteiger charge is 2.37. The molecule has 4 nitrogen and oxygen atoms in total. The van der Waals surface area contributed by atoms with Gasteiger partial charge in [-0.05, 0) is 25.8 Å². The molecular weight excluding hydrogens is 202 g/mol. The van der Waals surface area contributed by atoms with Gasteiger partial charge in [0, 0.05) is 0 Å². The predicted octanol–water partition coefficient (Wildman–Crippen LogP) is -0.0743. The van der Waals surface area contributed by atoms with E-state index >= 15 is 0 Å². The van der Waals surface area contributed by atoms with Crippen LogP contribution >= 0.6 is 0 Å². The predicted molar refractivity (Wildman–Crippen MR) is 56.0 cm³/mol. The van der Waals surface area contributed by atoms with Gasteiger partial charge in [-0.2, -0.15) is 0 Å². The van der Waals surface area contributed by atoms with Gasteiger partial charge < -0.3 is 10.4 Å². The maximum Gasteiger partial charge on any atom is 0.152 e. The van der Waals surface area contributed by atoms with Gasteiger partial charge >= 0.3 is 0 Å². The molecule has 0 spiro atoms. The van der Waals surface area contributed by atoms with Crippen molar-refractivity contribution in [3.63, 3.8) is 0 Å². The molecule has 1 saturated heterocycles. The third-order valence-electron chi connectivity index (χ3n) is 2.66. The zero-order valence-corrected chi connectivity index (χ0v) is 9.44. The van der Waals surface area contributed by atoms with Gasteiger partial charge in [-0.3, -0.25) is 0 Å². The van der Waals surface area contributed by atoms with Crippen LogP contribution in [0.25, 0.3) is 0 Å². The summed E-state index contributed by atoms with van der Waals surface area (Å²) in [6.45, 7) is 2.69. The minimum absolute atomic E-state index is 0.0799. The van der Waals surface area contributed by atoms with Crippen LogP contribution in [0, 0.1) is 0 Å². The van der Waals surface area contributed by atoms with Gasteiger partial charge in [0.2, 0.25) is 0 Å². The van der Waals surface area contributed by atoms with Crippen LogP contribution in [0.3, 0.4) is 0 Å². The van der Waals surface area contributed by atoms with Crippen molar-refractivity contribution in [3.8, 4) is 0 Å². The van der Waals surface area contributed by atoms with Crippen LogP contribution in [0.5, 0.6) is 0 Å². The Morgan fingerprint density at radius 2 is 2.21 bits per heavy atom. The molecular formula is C9H19NO3S. The molecule has 0 saturated carbocycles. The van der Waals surface area contributed by atoms with Crippen LogP contribution in [0.15, 0.2) is 0 Å². The smallest absolute Gasteiger partial charge is 0.152 e. The van der Waals surface area contributed by atoms with Crippen molar-refractivity contribution in [3.05, 3.63) is 0 Å². The third-order valence-corrected chi connectivity index (χ3v) is 4.56. The van der Waals surface area contributed by atoms with Gasteiger partial charge in [-0.1, -0.05) is 6.92 Å². The van der Waals surface area contributed by atoms with Gasteiger partial charge in [0.15, 0.2) is 9.84 Å². The van der Waals surface area contributed by atoms with Crippen molar-refractivity contribution in [1.29, 1.82) is 0 Å². The number of rotatable bonds is 4. The van der Waals surface area contributed by atoms with Crippen molar-refractivity contribution in [2.45, 2.75) is 31.7 Å². The first-order valence-corrected chi connectivity index (χ1v) is 6.92. The quantitative estimate of drug-likeness (QED) is 0.697. The molecule has 1 aliphatic rings. The summed E-state index contributed by atoms with van der Waals surface area (Å²) in [6.07, 6.45) is 2.35. The molecule has 2 N–H and O–H groups in total.